The summed E-state index contributed by atoms with van der Waals surface area (Å²) in [6, 6.07) is 10.2. The molecule has 3 heteroatoms. The molecule has 0 aliphatic heterocycles. The van der Waals surface area contributed by atoms with E-state index in [1.165, 1.54) is 5.56 Å². The van der Waals surface area contributed by atoms with E-state index in [0.717, 1.165) is 13.1 Å². The van der Waals surface area contributed by atoms with Gasteiger partial charge in [-0.1, -0.05) is 37.3 Å². The van der Waals surface area contributed by atoms with Crippen molar-refractivity contribution in [3.05, 3.63) is 35.9 Å². The van der Waals surface area contributed by atoms with Crippen LogP contribution in [0.5, 0.6) is 0 Å². The van der Waals surface area contributed by atoms with Crippen LogP contribution in [0.15, 0.2) is 30.3 Å². The Bertz CT molecular complexity index is 251. The van der Waals surface area contributed by atoms with Crippen molar-refractivity contribution in [3.63, 3.8) is 0 Å². The molecule has 1 aromatic rings. The standard InChI is InChI=1S/C12H20N2O/c1-2-14-8-12(13)10-15-9-11-6-4-3-5-7-11/h3-7,12,14H,2,8-10,13H2,1H3. The van der Waals surface area contributed by atoms with Crippen LogP contribution in [0.1, 0.15) is 12.5 Å². The van der Waals surface area contributed by atoms with E-state index in [-0.39, 0.29) is 6.04 Å². The van der Waals surface area contributed by atoms with E-state index in [1.807, 2.05) is 18.2 Å². The first-order chi connectivity index (χ1) is 7.33. The van der Waals surface area contributed by atoms with Gasteiger partial charge in [-0.05, 0) is 12.1 Å². The smallest absolute Gasteiger partial charge is 0.0717 e. The van der Waals surface area contributed by atoms with Crippen molar-refractivity contribution in [3.8, 4) is 0 Å². The van der Waals surface area contributed by atoms with E-state index in [9.17, 15) is 0 Å². The molecule has 1 unspecified atom stereocenters. The van der Waals surface area contributed by atoms with Gasteiger partial charge in [0.25, 0.3) is 0 Å². The summed E-state index contributed by atoms with van der Waals surface area (Å²) in [7, 11) is 0. The SMILES string of the molecule is CCNCC(N)COCc1ccccc1. The number of nitrogens with one attached hydrogen (secondary N) is 1. The predicted octanol–water partition coefficient (Wildman–Crippen LogP) is 1.14. The van der Waals surface area contributed by atoms with Crippen molar-refractivity contribution < 1.29 is 4.74 Å². The maximum Gasteiger partial charge on any atom is 0.0717 e. The maximum absolute atomic E-state index is 5.84. The van der Waals surface area contributed by atoms with Crippen molar-refractivity contribution in [2.45, 2.75) is 19.6 Å². The van der Waals surface area contributed by atoms with Crippen LogP contribution in [0.3, 0.4) is 0 Å². The number of hydrogen-bond donors (Lipinski definition) is 2. The van der Waals surface area contributed by atoms with Crippen LogP contribution in [-0.4, -0.2) is 25.7 Å². The summed E-state index contributed by atoms with van der Waals surface area (Å²) < 4.78 is 5.51. The summed E-state index contributed by atoms with van der Waals surface area (Å²) in [6.45, 7) is 5.07. The number of rotatable bonds is 7. The van der Waals surface area contributed by atoms with Gasteiger partial charge in [-0.2, -0.15) is 0 Å². The molecule has 0 spiro atoms. The molecule has 1 aromatic carbocycles. The Labute approximate surface area is 91.6 Å². The summed E-state index contributed by atoms with van der Waals surface area (Å²) in [6.07, 6.45) is 0. The molecule has 1 rings (SSSR count). The summed E-state index contributed by atoms with van der Waals surface area (Å²) in [5, 5.41) is 3.19. The van der Waals surface area contributed by atoms with E-state index >= 15 is 0 Å². The molecule has 0 bridgehead atoms. The average molecular weight is 208 g/mol. The molecule has 0 heterocycles. The van der Waals surface area contributed by atoms with Crippen molar-refractivity contribution in [2.75, 3.05) is 19.7 Å². The molecule has 3 nitrogen and oxygen atoms in total. The molecule has 3 N–H and O–H groups in total. The number of hydrogen-bond acceptors (Lipinski definition) is 3. The van der Waals surface area contributed by atoms with Gasteiger partial charge in [0.15, 0.2) is 0 Å². The molecule has 1 atom stereocenters. The van der Waals surface area contributed by atoms with Crippen molar-refractivity contribution in [1.82, 2.24) is 5.32 Å². The third-order valence-corrected chi connectivity index (χ3v) is 2.10. The van der Waals surface area contributed by atoms with E-state index in [0.29, 0.717) is 13.2 Å². The number of benzene rings is 1. The Morgan fingerprint density at radius 1 is 1.33 bits per heavy atom. The van der Waals surface area contributed by atoms with Gasteiger partial charge in [0.05, 0.1) is 13.2 Å². The summed E-state index contributed by atoms with van der Waals surface area (Å²) in [5.41, 5.74) is 7.02. The van der Waals surface area contributed by atoms with Gasteiger partial charge in [0, 0.05) is 12.6 Å². The van der Waals surface area contributed by atoms with Crippen LogP contribution in [0.25, 0.3) is 0 Å². The highest BCUT2D eigenvalue weighted by Crippen LogP contribution is 2.00. The van der Waals surface area contributed by atoms with Crippen molar-refractivity contribution in [1.29, 1.82) is 0 Å². The first-order valence-corrected chi connectivity index (χ1v) is 5.41. The summed E-state index contributed by atoms with van der Waals surface area (Å²) in [4.78, 5) is 0. The minimum Gasteiger partial charge on any atom is -0.375 e. The second-order valence-electron chi connectivity index (χ2n) is 3.57. The maximum atomic E-state index is 5.84. The Balaban J connectivity index is 2.11. The minimum atomic E-state index is 0.0775. The normalized spacial score (nSPS) is 12.7. The lowest BCUT2D eigenvalue weighted by Gasteiger charge is -2.12. The van der Waals surface area contributed by atoms with Gasteiger partial charge in [0.2, 0.25) is 0 Å². The fourth-order valence-corrected chi connectivity index (χ4v) is 1.29. The van der Waals surface area contributed by atoms with Crippen LogP contribution in [-0.2, 0) is 11.3 Å². The lowest BCUT2D eigenvalue weighted by molar-refractivity contribution is 0.107. The largest absolute Gasteiger partial charge is 0.375 e. The zero-order valence-corrected chi connectivity index (χ0v) is 9.28. The molecule has 0 aliphatic rings. The highest BCUT2D eigenvalue weighted by Gasteiger charge is 2.01. The van der Waals surface area contributed by atoms with Crippen LogP contribution in [0, 0.1) is 0 Å². The van der Waals surface area contributed by atoms with Gasteiger partial charge in [-0.15, -0.1) is 0 Å². The molecule has 0 saturated carbocycles. The fourth-order valence-electron chi connectivity index (χ4n) is 1.29. The number of nitrogens with two attached hydrogens (primary N) is 1. The average Bonchev–Trinajstić information content (AvgIpc) is 2.28. The Hall–Kier alpha value is -0.900. The topological polar surface area (TPSA) is 47.3 Å². The first kappa shape index (κ1) is 12.2. The first-order valence-electron chi connectivity index (χ1n) is 5.41. The molecule has 0 saturated heterocycles. The van der Waals surface area contributed by atoms with Gasteiger partial charge in [-0.25, -0.2) is 0 Å². The number of ether oxygens (including phenoxy) is 1. The third kappa shape index (κ3) is 5.52. The van der Waals surface area contributed by atoms with Crippen molar-refractivity contribution in [2.24, 2.45) is 5.73 Å². The quantitative estimate of drug-likeness (QED) is 0.706. The van der Waals surface area contributed by atoms with Crippen LogP contribution in [0.2, 0.25) is 0 Å². The minimum absolute atomic E-state index is 0.0775. The van der Waals surface area contributed by atoms with Gasteiger partial charge < -0.3 is 15.8 Å². The van der Waals surface area contributed by atoms with Crippen LogP contribution < -0.4 is 11.1 Å². The van der Waals surface area contributed by atoms with E-state index in [2.05, 4.69) is 24.4 Å². The zero-order valence-electron chi connectivity index (χ0n) is 9.28. The fraction of sp³-hybridized carbons (Fsp3) is 0.500. The van der Waals surface area contributed by atoms with Gasteiger partial charge in [-0.3, -0.25) is 0 Å². The lowest BCUT2D eigenvalue weighted by Crippen LogP contribution is -2.37. The number of likely N-dealkylation sites (N-methyl/N-ethyl adjacent to an activating group) is 1. The molecule has 84 valence electrons. The Kier molecular flexibility index (Phi) is 6.00. The van der Waals surface area contributed by atoms with Crippen molar-refractivity contribution >= 4 is 0 Å². The van der Waals surface area contributed by atoms with Crippen LogP contribution in [0.4, 0.5) is 0 Å². The third-order valence-electron chi connectivity index (χ3n) is 2.10. The predicted molar refractivity (Wildman–Crippen MR) is 62.6 cm³/mol. The Morgan fingerprint density at radius 3 is 2.73 bits per heavy atom. The molecule has 0 amide bonds. The van der Waals surface area contributed by atoms with Crippen LogP contribution >= 0.6 is 0 Å². The lowest BCUT2D eigenvalue weighted by atomic mass is 10.2. The second kappa shape index (κ2) is 7.40. The highest BCUT2D eigenvalue weighted by atomic mass is 16.5. The van der Waals surface area contributed by atoms with E-state index in [1.54, 1.807) is 0 Å². The summed E-state index contributed by atoms with van der Waals surface area (Å²) >= 11 is 0. The highest BCUT2D eigenvalue weighted by molar-refractivity contribution is 5.13. The van der Waals surface area contributed by atoms with E-state index < -0.39 is 0 Å². The van der Waals surface area contributed by atoms with Gasteiger partial charge >= 0.3 is 0 Å². The molecule has 0 aliphatic carbocycles. The summed E-state index contributed by atoms with van der Waals surface area (Å²) in [5.74, 6) is 0. The molecule has 0 fully saturated rings. The zero-order chi connectivity index (χ0) is 10.9. The molecular formula is C12H20N2O. The molecule has 0 radical (unpaired) electrons. The molecule has 15 heavy (non-hydrogen) atoms. The van der Waals surface area contributed by atoms with Gasteiger partial charge in [0.1, 0.15) is 0 Å². The molecular weight excluding hydrogens is 188 g/mol. The molecule has 0 aromatic heterocycles. The van der Waals surface area contributed by atoms with E-state index in [4.69, 9.17) is 10.5 Å². The Morgan fingerprint density at radius 2 is 2.07 bits per heavy atom. The second-order valence-corrected chi connectivity index (χ2v) is 3.57. The monoisotopic (exact) mass is 208 g/mol.